The molecule has 86 valence electrons. The van der Waals surface area contributed by atoms with Gasteiger partial charge < -0.3 is 10.1 Å². The Labute approximate surface area is 97.0 Å². The summed E-state index contributed by atoms with van der Waals surface area (Å²) in [5, 5.41) is 3.49. The Morgan fingerprint density at radius 2 is 2.00 bits per heavy atom. The van der Waals surface area contributed by atoms with E-state index in [1.807, 2.05) is 0 Å². The zero-order valence-electron chi connectivity index (χ0n) is 9.88. The summed E-state index contributed by atoms with van der Waals surface area (Å²) >= 11 is 0. The molecule has 2 aliphatic rings. The molecule has 0 fully saturated rings. The molecule has 0 spiro atoms. The fraction of sp³-hybridized carbons (Fsp3) is 0.571. The summed E-state index contributed by atoms with van der Waals surface area (Å²) in [6, 6.07) is 4.56. The molecule has 1 aliphatic heterocycles. The van der Waals surface area contributed by atoms with Crippen LogP contribution in [0.25, 0.3) is 0 Å². The summed E-state index contributed by atoms with van der Waals surface area (Å²) in [6.07, 6.45) is 6.54. The molecule has 0 amide bonds. The largest absolute Gasteiger partial charge is 0.486 e. The van der Waals surface area contributed by atoms with Crippen LogP contribution in [0.2, 0.25) is 0 Å². The van der Waals surface area contributed by atoms with Crippen molar-refractivity contribution in [2.45, 2.75) is 45.1 Å². The SMILES string of the molecule is CCC1CNc2cc3c(cc2O1)CCCC3. The fourth-order valence-electron chi connectivity index (χ4n) is 2.67. The highest BCUT2D eigenvalue weighted by atomic mass is 16.5. The van der Waals surface area contributed by atoms with E-state index in [1.54, 1.807) is 0 Å². The van der Waals surface area contributed by atoms with Gasteiger partial charge in [-0.05, 0) is 55.4 Å². The van der Waals surface area contributed by atoms with Gasteiger partial charge in [0.15, 0.2) is 0 Å². The minimum Gasteiger partial charge on any atom is -0.486 e. The summed E-state index contributed by atoms with van der Waals surface area (Å²) in [5.74, 6) is 1.07. The molecule has 1 unspecified atom stereocenters. The lowest BCUT2D eigenvalue weighted by molar-refractivity contribution is 0.201. The summed E-state index contributed by atoms with van der Waals surface area (Å²) in [6.45, 7) is 3.12. The average molecular weight is 217 g/mol. The van der Waals surface area contributed by atoms with Gasteiger partial charge in [-0.25, -0.2) is 0 Å². The van der Waals surface area contributed by atoms with Gasteiger partial charge in [-0.2, -0.15) is 0 Å². The lowest BCUT2D eigenvalue weighted by atomic mass is 9.91. The molecule has 1 aromatic rings. The maximum absolute atomic E-state index is 5.98. The van der Waals surface area contributed by atoms with Gasteiger partial charge in [0.05, 0.1) is 12.2 Å². The van der Waals surface area contributed by atoms with Gasteiger partial charge in [0.1, 0.15) is 11.9 Å². The zero-order valence-corrected chi connectivity index (χ0v) is 9.88. The molecule has 0 radical (unpaired) electrons. The first-order chi connectivity index (χ1) is 7.86. The van der Waals surface area contributed by atoms with Crippen molar-refractivity contribution in [2.24, 2.45) is 0 Å². The highest BCUT2D eigenvalue weighted by Gasteiger charge is 2.20. The van der Waals surface area contributed by atoms with Gasteiger partial charge in [-0.1, -0.05) is 6.92 Å². The van der Waals surface area contributed by atoms with Crippen LogP contribution in [0.3, 0.4) is 0 Å². The van der Waals surface area contributed by atoms with Crippen LogP contribution in [0.4, 0.5) is 5.69 Å². The molecule has 0 saturated heterocycles. The number of benzene rings is 1. The second-order valence-corrected chi connectivity index (χ2v) is 4.85. The van der Waals surface area contributed by atoms with Crippen molar-refractivity contribution in [1.82, 2.24) is 0 Å². The Hall–Kier alpha value is -1.18. The molecule has 1 atom stereocenters. The summed E-state index contributed by atoms with van der Waals surface area (Å²) < 4.78 is 5.98. The van der Waals surface area contributed by atoms with Crippen LogP contribution in [-0.4, -0.2) is 12.6 Å². The van der Waals surface area contributed by atoms with Gasteiger partial charge in [-0.3, -0.25) is 0 Å². The van der Waals surface area contributed by atoms with Crippen LogP contribution in [0.1, 0.15) is 37.3 Å². The van der Waals surface area contributed by atoms with Crippen LogP contribution in [0.5, 0.6) is 5.75 Å². The summed E-state index contributed by atoms with van der Waals surface area (Å²) in [4.78, 5) is 0. The number of hydrogen-bond acceptors (Lipinski definition) is 2. The van der Waals surface area contributed by atoms with E-state index in [9.17, 15) is 0 Å². The molecule has 16 heavy (non-hydrogen) atoms. The minimum absolute atomic E-state index is 0.342. The van der Waals surface area contributed by atoms with Crippen molar-refractivity contribution in [2.75, 3.05) is 11.9 Å². The summed E-state index contributed by atoms with van der Waals surface area (Å²) in [5.41, 5.74) is 4.23. The molecule has 1 aromatic carbocycles. The van der Waals surface area contributed by atoms with E-state index in [-0.39, 0.29) is 0 Å². The molecule has 0 aromatic heterocycles. The van der Waals surface area contributed by atoms with Crippen LogP contribution < -0.4 is 10.1 Å². The Morgan fingerprint density at radius 3 is 2.75 bits per heavy atom. The number of rotatable bonds is 1. The van der Waals surface area contributed by atoms with E-state index in [2.05, 4.69) is 24.4 Å². The molecule has 3 rings (SSSR count). The molecule has 1 heterocycles. The molecule has 2 nitrogen and oxygen atoms in total. The third-order valence-electron chi connectivity index (χ3n) is 3.71. The van der Waals surface area contributed by atoms with E-state index in [1.165, 1.54) is 42.5 Å². The van der Waals surface area contributed by atoms with Crippen LogP contribution >= 0.6 is 0 Å². The second-order valence-electron chi connectivity index (χ2n) is 4.85. The molecular weight excluding hydrogens is 198 g/mol. The molecule has 0 saturated carbocycles. The van der Waals surface area contributed by atoms with Gasteiger partial charge in [0, 0.05) is 0 Å². The molecule has 0 bridgehead atoms. The van der Waals surface area contributed by atoms with E-state index in [0.29, 0.717) is 6.10 Å². The average Bonchev–Trinajstić information content (AvgIpc) is 2.35. The topological polar surface area (TPSA) is 21.3 Å². The first-order valence-electron chi connectivity index (χ1n) is 6.43. The Kier molecular flexibility index (Phi) is 2.50. The van der Waals surface area contributed by atoms with Gasteiger partial charge >= 0.3 is 0 Å². The third-order valence-corrected chi connectivity index (χ3v) is 3.71. The third kappa shape index (κ3) is 1.66. The van der Waals surface area contributed by atoms with Crippen molar-refractivity contribution >= 4 is 5.69 Å². The van der Waals surface area contributed by atoms with Crippen molar-refractivity contribution in [1.29, 1.82) is 0 Å². The first-order valence-corrected chi connectivity index (χ1v) is 6.43. The van der Waals surface area contributed by atoms with E-state index in [0.717, 1.165) is 18.7 Å². The maximum Gasteiger partial charge on any atom is 0.143 e. The van der Waals surface area contributed by atoms with Crippen molar-refractivity contribution in [3.63, 3.8) is 0 Å². The van der Waals surface area contributed by atoms with Gasteiger partial charge in [0.25, 0.3) is 0 Å². The minimum atomic E-state index is 0.342. The molecule has 1 aliphatic carbocycles. The monoisotopic (exact) mass is 217 g/mol. The van der Waals surface area contributed by atoms with Crippen molar-refractivity contribution < 1.29 is 4.74 Å². The standard InChI is InChI=1S/C14H19NO/c1-2-12-9-15-13-7-10-5-3-4-6-11(10)8-14(13)16-12/h7-8,12,15H,2-6,9H2,1H3. The molecule has 2 heteroatoms. The number of fused-ring (bicyclic) bond motifs is 2. The van der Waals surface area contributed by atoms with Crippen LogP contribution in [0.15, 0.2) is 12.1 Å². The van der Waals surface area contributed by atoms with E-state index >= 15 is 0 Å². The maximum atomic E-state index is 5.98. The van der Waals surface area contributed by atoms with Gasteiger partial charge in [0.2, 0.25) is 0 Å². The van der Waals surface area contributed by atoms with Crippen LogP contribution in [-0.2, 0) is 12.8 Å². The normalized spacial score (nSPS) is 22.7. The number of hydrogen-bond donors (Lipinski definition) is 1. The number of aryl methyl sites for hydroxylation is 2. The zero-order chi connectivity index (χ0) is 11.0. The second kappa shape index (κ2) is 4.00. The van der Waals surface area contributed by atoms with Crippen molar-refractivity contribution in [3.8, 4) is 5.75 Å². The predicted molar refractivity (Wildman–Crippen MR) is 66.3 cm³/mol. The lowest BCUT2D eigenvalue weighted by Gasteiger charge is -2.29. The Bertz CT molecular complexity index is 400. The molecule has 1 N–H and O–H groups in total. The number of nitrogens with one attached hydrogen (secondary N) is 1. The quantitative estimate of drug-likeness (QED) is 0.780. The number of anilines is 1. The lowest BCUT2D eigenvalue weighted by Crippen LogP contribution is -2.30. The first kappa shape index (κ1) is 10.0. The van der Waals surface area contributed by atoms with Gasteiger partial charge in [-0.15, -0.1) is 0 Å². The predicted octanol–water partition coefficient (Wildman–Crippen LogP) is 3.15. The van der Waals surface area contributed by atoms with Crippen molar-refractivity contribution in [3.05, 3.63) is 23.3 Å². The summed E-state index contributed by atoms with van der Waals surface area (Å²) in [7, 11) is 0. The Balaban J connectivity index is 1.95. The number of ether oxygens (including phenoxy) is 1. The highest BCUT2D eigenvalue weighted by Crippen LogP contribution is 2.35. The Morgan fingerprint density at radius 1 is 1.25 bits per heavy atom. The smallest absolute Gasteiger partial charge is 0.143 e. The van der Waals surface area contributed by atoms with E-state index in [4.69, 9.17) is 4.74 Å². The highest BCUT2D eigenvalue weighted by molar-refractivity contribution is 5.62. The van der Waals surface area contributed by atoms with E-state index < -0.39 is 0 Å². The van der Waals surface area contributed by atoms with Crippen LogP contribution in [0, 0.1) is 0 Å². The fourth-order valence-corrected chi connectivity index (χ4v) is 2.67. The molecular formula is C14H19NO.